The van der Waals surface area contributed by atoms with Gasteiger partial charge in [0.15, 0.2) is 0 Å². The number of carbonyl (C=O) groups excluding carboxylic acids is 2. The van der Waals surface area contributed by atoms with Crippen LogP contribution in [0, 0.1) is 0 Å². The zero-order valence-electron chi connectivity index (χ0n) is 16.0. The third-order valence-corrected chi connectivity index (χ3v) is 5.54. The molecule has 0 bridgehead atoms. The van der Waals surface area contributed by atoms with E-state index in [4.69, 9.17) is 9.72 Å². The largest absolute Gasteiger partial charge is 0.496 e. The average Bonchev–Trinajstić information content (AvgIpc) is 2.92. The molecule has 9 heteroatoms. The zero-order chi connectivity index (χ0) is 20.2. The molecule has 0 saturated carbocycles. The van der Waals surface area contributed by atoms with E-state index in [9.17, 15) is 9.59 Å². The van der Waals surface area contributed by atoms with Crippen molar-refractivity contribution in [2.45, 2.75) is 6.42 Å². The Hall–Kier alpha value is -2.91. The second kappa shape index (κ2) is 8.62. The lowest BCUT2D eigenvalue weighted by Gasteiger charge is -2.21. The highest BCUT2D eigenvalue weighted by atomic mass is 32.2. The molecule has 0 spiro atoms. The van der Waals surface area contributed by atoms with Crippen LogP contribution in [0.25, 0.3) is 17.3 Å². The Morgan fingerprint density at radius 3 is 2.90 bits per heavy atom. The Bertz CT molecular complexity index is 970. The highest BCUT2D eigenvalue weighted by Gasteiger charge is 2.25. The van der Waals surface area contributed by atoms with Crippen molar-refractivity contribution in [3.8, 4) is 17.0 Å². The highest BCUT2D eigenvalue weighted by Crippen LogP contribution is 2.32. The summed E-state index contributed by atoms with van der Waals surface area (Å²) in [5, 5.41) is 5.29. The third-order valence-electron chi connectivity index (χ3n) is 4.73. The van der Waals surface area contributed by atoms with Gasteiger partial charge in [-0.1, -0.05) is 6.07 Å². The topological polar surface area (TPSA) is 96.4 Å². The van der Waals surface area contributed by atoms with Crippen LogP contribution in [0.5, 0.6) is 5.75 Å². The van der Waals surface area contributed by atoms with Crippen molar-refractivity contribution in [3.05, 3.63) is 41.1 Å². The first-order valence-corrected chi connectivity index (χ1v) is 10.2. The minimum atomic E-state index is -0.381. The number of imide groups is 1. The molecule has 2 aliphatic heterocycles. The molecule has 2 aliphatic rings. The molecule has 2 amide bonds. The fraction of sp³-hybridized carbons (Fsp3) is 0.300. The quantitative estimate of drug-likeness (QED) is 0.740. The maximum absolute atomic E-state index is 11.8. The number of hydrogen-bond donors (Lipinski definition) is 2. The molecule has 2 fully saturated rings. The van der Waals surface area contributed by atoms with Gasteiger partial charge in [0.1, 0.15) is 11.6 Å². The van der Waals surface area contributed by atoms with E-state index in [1.54, 1.807) is 25.6 Å². The van der Waals surface area contributed by atoms with Gasteiger partial charge < -0.3 is 15.0 Å². The van der Waals surface area contributed by atoms with Gasteiger partial charge in [0.05, 0.1) is 30.1 Å². The molecule has 3 heterocycles. The van der Waals surface area contributed by atoms with E-state index in [0.29, 0.717) is 16.3 Å². The summed E-state index contributed by atoms with van der Waals surface area (Å²) in [5.74, 6) is 1.11. The number of rotatable bonds is 4. The van der Waals surface area contributed by atoms with Crippen molar-refractivity contribution in [2.24, 2.45) is 0 Å². The number of hydrogen-bond acceptors (Lipinski definition) is 8. The normalized spacial score (nSPS) is 18.7. The van der Waals surface area contributed by atoms with Crippen molar-refractivity contribution in [2.75, 3.05) is 38.2 Å². The van der Waals surface area contributed by atoms with Crippen molar-refractivity contribution < 1.29 is 14.3 Å². The standard InChI is InChI=1S/C20H21N5O3S/c1-28-16-4-3-13(10-17-19(26)24-20(27)29-17)9-14(16)15-11-22-12-18(23-15)25-7-2-5-21-6-8-25/h3-4,9-12,21H,2,5-8H2,1H3,(H,24,26,27)/b17-10-. The number of amides is 2. The van der Waals surface area contributed by atoms with Crippen molar-refractivity contribution in [3.63, 3.8) is 0 Å². The smallest absolute Gasteiger partial charge is 0.290 e. The minimum absolute atomic E-state index is 0.361. The molecule has 2 saturated heterocycles. The monoisotopic (exact) mass is 411 g/mol. The SMILES string of the molecule is COc1ccc(/C=C2\SC(=O)NC2=O)cc1-c1cncc(N2CCCNCC2)n1. The number of thioether (sulfide) groups is 1. The predicted octanol–water partition coefficient (Wildman–Crippen LogP) is 2.28. The van der Waals surface area contributed by atoms with Crippen LogP contribution in [0.15, 0.2) is 35.5 Å². The van der Waals surface area contributed by atoms with E-state index in [-0.39, 0.29) is 11.1 Å². The molecule has 0 atom stereocenters. The van der Waals surface area contributed by atoms with Crippen molar-refractivity contribution in [1.29, 1.82) is 0 Å². The van der Waals surface area contributed by atoms with Crippen LogP contribution in [-0.4, -0.2) is 54.4 Å². The van der Waals surface area contributed by atoms with E-state index in [1.807, 2.05) is 18.2 Å². The van der Waals surface area contributed by atoms with Crippen LogP contribution in [-0.2, 0) is 4.79 Å². The first kappa shape index (κ1) is 19.4. The first-order chi connectivity index (χ1) is 14.1. The maximum atomic E-state index is 11.8. The van der Waals surface area contributed by atoms with E-state index >= 15 is 0 Å². The Kier molecular flexibility index (Phi) is 5.77. The molecule has 0 unspecified atom stereocenters. The van der Waals surface area contributed by atoms with Gasteiger partial charge in [0, 0.05) is 25.2 Å². The highest BCUT2D eigenvalue weighted by molar-refractivity contribution is 8.18. The lowest BCUT2D eigenvalue weighted by Crippen LogP contribution is -2.28. The van der Waals surface area contributed by atoms with Gasteiger partial charge in [-0.2, -0.15) is 0 Å². The molecular formula is C20H21N5O3S. The summed E-state index contributed by atoms with van der Waals surface area (Å²) in [5.41, 5.74) is 2.25. The minimum Gasteiger partial charge on any atom is -0.496 e. The van der Waals surface area contributed by atoms with Gasteiger partial charge >= 0.3 is 0 Å². The van der Waals surface area contributed by atoms with Gasteiger partial charge in [-0.3, -0.25) is 19.9 Å². The fourth-order valence-corrected chi connectivity index (χ4v) is 3.98. The van der Waals surface area contributed by atoms with Gasteiger partial charge in [0.2, 0.25) is 0 Å². The van der Waals surface area contributed by atoms with Crippen LogP contribution in [0.2, 0.25) is 0 Å². The zero-order valence-corrected chi connectivity index (χ0v) is 16.8. The molecule has 1 aromatic carbocycles. The van der Waals surface area contributed by atoms with Gasteiger partial charge in [-0.15, -0.1) is 0 Å². The molecule has 0 aliphatic carbocycles. The Morgan fingerprint density at radius 2 is 2.10 bits per heavy atom. The molecule has 4 rings (SSSR count). The Balaban J connectivity index is 1.68. The lowest BCUT2D eigenvalue weighted by atomic mass is 10.1. The Labute approximate surface area is 172 Å². The fourth-order valence-electron chi connectivity index (χ4n) is 3.30. The second-order valence-corrected chi connectivity index (χ2v) is 7.68. The van der Waals surface area contributed by atoms with Gasteiger partial charge in [-0.25, -0.2) is 4.98 Å². The van der Waals surface area contributed by atoms with E-state index in [1.165, 1.54) is 0 Å². The van der Waals surface area contributed by atoms with Crippen LogP contribution >= 0.6 is 11.8 Å². The van der Waals surface area contributed by atoms with Crippen LogP contribution in [0.1, 0.15) is 12.0 Å². The maximum Gasteiger partial charge on any atom is 0.290 e. The van der Waals surface area contributed by atoms with Crippen LogP contribution in [0.3, 0.4) is 0 Å². The van der Waals surface area contributed by atoms with Gasteiger partial charge in [-0.05, 0) is 48.5 Å². The molecule has 2 aromatic rings. The number of benzene rings is 1. The van der Waals surface area contributed by atoms with Crippen LogP contribution in [0.4, 0.5) is 10.6 Å². The van der Waals surface area contributed by atoms with Crippen LogP contribution < -0.4 is 20.3 Å². The van der Waals surface area contributed by atoms with Crippen molar-refractivity contribution >= 4 is 34.8 Å². The molecule has 0 radical (unpaired) electrons. The predicted molar refractivity (Wildman–Crippen MR) is 113 cm³/mol. The van der Waals surface area contributed by atoms with E-state index < -0.39 is 0 Å². The van der Waals surface area contributed by atoms with Gasteiger partial charge in [0.25, 0.3) is 11.1 Å². The summed E-state index contributed by atoms with van der Waals surface area (Å²) >= 11 is 0.893. The number of carbonyl (C=O) groups is 2. The summed E-state index contributed by atoms with van der Waals surface area (Å²) in [6.45, 7) is 3.72. The number of anilines is 1. The molecule has 8 nitrogen and oxygen atoms in total. The number of ether oxygens (including phenoxy) is 1. The summed E-state index contributed by atoms with van der Waals surface area (Å²) in [4.78, 5) is 35.0. The van der Waals surface area contributed by atoms with E-state index in [0.717, 1.165) is 61.3 Å². The molecule has 29 heavy (non-hydrogen) atoms. The van der Waals surface area contributed by atoms with E-state index in [2.05, 4.69) is 20.5 Å². The summed E-state index contributed by atoms with van der Waals surface area (Å²) in [7, 11) is 1.60. The number of aromatic nitrogens is 2. The molecule has 1 aromatic heterocycles. The molecule has 150 valence electrons. The Morgan fingerprint density at radius 1 is 1.21 bits per heavy atom. The van der Waals surface area contributed by atoms with Crippen molar-refractivity contribution in [1.82, 2.24) is 20.6 Å². The number of nitrogens with one attached hydrogen (secondary N) is 2. The summed E-state index contributed by atoms with van der Waals surface area (Å²) < 4.78 is 5.52. The number of methoxy groups -OCH3 is 1. The third kappa shape index (κ3) is 4.41. The lowest BCUT2D eigenvalue weighted by molar-refractivity contribution is -0.115. The second-order valence-electron chi connectivity index (χ2n) is 6.67. The summed E-state index contributed by atoms with van der Waals surface area (Å²) in [6, 6.07) is 5.55. The average molecular weight is 411 g/mol. The molecular weight excluding hydrogens is 390 g/mol. The molecule has 2 N–H and O–H groups in total. The number of nitrogens with zero attached hydrogens (tertiary/aromatic N) is 3. The summed E-state index contributed by atoms with van der Waals surface area (Å²) in [6.07, 6.45) is 6.22. The first-order valence-electron chi connectivity index (χ1n) is 9.35.